The van der Waals surface area contributed by atoms with E-state index in [1.807, 2.05) is 24.3 Å². The lowest BCUT2D eigenvalue weighted by Gasteiger charge is -2.06. The SMILES string of the molecule is Cc1c(C(=O)O)oc2ccc(OCCCc3ccccc3)cc12. The largest absolute Gasteiger partial charge is 0.494 e. The maximum atomic E-state index is 11.1. The van der Waals surface area contributed by atoms with Crippen molar-refractivity contribution in [3.63, 3.8) is 0 Å². The molecule has 0 amide bonds. The average Bonchev–Trinajstić information content (AvgIpc) is 2.90. The molecule has 0 atom stereocenters. The fraction of sp³-hybridized carbons (Fsp3) is 0.211. The lowest BCUT2D eigenvalue weighted by molar-refractivity contribution is 0.0664. The summed E-state index contributed by atoms with van der Waals surface area (Å²) in [6, 6.07) is 15.7. The third-order valence-corrected chi connectivity index (χ3v) is 3.82. The molecule has 1 aromatic heterocycles. The molecule has 1 heterocycles. The minimum atomic E-state index is -1.05. The van der Waals surface area contributed by atoms with Gasteiger partial charge in [0, 0.05) is 10.9 Å². The van der Waals surface area contributed by atoms with Crippen LogP contribution in [-0.4, -0.2) is 17.7 Å². The van der Waals surface area contributed by atoms with Crippen molar-refractivity contribution in [1.82, 2.24) is 0 Å². The lowest BCUT2D eigenvalue weighted by atomic mass is 10.1. The van der Waals surface area contributed by atoms with Gasteiger partial charge in [0.2, 0.25) is 5.76 Å². The molecule has 0 saturated carbocycles. The van der Waals surface area contributed by atoms with E-state index >= 15 is 0 Å². The summed E-state index contributed by atoms with van der Waals surface area (Å²) in [6.45, 7) is 2.36. The van der Waals surface area contributed by atoms with Gasteiger partial charge >= 0.3 is 5.97 Å². The van der Waals surface area contributed by atoms with Gasteiger partial charge in [0.05, 0.1) is 6.61 Å². The first-order chi connectivity index (χ1) is 11.1. The standard InChI is InChI=1S/C19H18O4/c1-13-16-12-15(9-10-17(16)23-18(13)19(20)21)22-11-5-8-14-6-3-2-4-7-14/h2-4,6-7,9-10,12H,5,8,11H2,1H3,(H,20,21). The van der Waals surface area contributed by atoms with Crippen LogP contribution < -0.4 is 4.74 Å². The van der Waals surface area contributed by atoms with Crippen LogP contribution in [0.15, 0.2) is 52.9 Å². The quantitative estimate of drug-likeness (QED) is 0.683. The number of carbonyl (C=O) groups is 1. The van der Waals surface area contributed by atoms with Crippen molar-refractivity contribution in [2.24, 2.45) is 0 Å². The Labute approximate surface area is 134 Å². The molecule has 0 aliphatic heterocycles. The zero-order valence-electron chi connectivity index (χ0n) is 12.9. The Bertz CT molecular complexity index is 818. The molecule has 0 saturated heterocycles. The predicted octanol–water partition coefficient (Wildman–Crippen LogP) is 4.45. The van der Waals surface area contributed by atoms with Crippen molar-refractivity contribution in [2.75, 3.05) is 6.61 Å². The van der Waals surface area contributed by atoms with Crippen LogP contribution >= 0.6 is 0 Å². The van der Waals surface area contributed by atoms with Crippen LogP contribution in [0.3, 0.4) is 0 Å². The van der Waals surface area contributed by atoms with Crippen molar-refractivity contribution < 1.29 is 19.1 Å². The van der Waals surface area contributed by atoms with E-state index in [0.717, 1.165) is 24.0 Å². The molecule has 0 unspecified atom stereocenters. The Kier molecular flexibility index (Phi) is 4.33. The van der Waals surface area contributed by atoms with E-state index in [-0.39, 0.29) is 5.76 Å². The zero-order valence-corrected chi connectivity index (χ0v) is 12.9. The molecule has 23 heavy (non-hydrogen) atoms. The first-order valence-electron chi connectivity index (χ1n) is 7.58. The molecule has 4 nitrogen and oxygen atoms in total. The van der Waals surface area contributed by atoms with Gasteiger partial charge in [0.15, 0.2) is 0 Å². The van der Waals surface area contributed by atoms with E-state index in [9.17, 15) is 4.79 Å². The predicted molar refractivity (Wildman–Crippen MR) is 88.2 cm³/mol. The molecule has 0 fully saturated rings. The van der Waals surface area contributed by atoms with Crippen LogP contribution in [-0.2, 0) is 6.42 Å². The van der Waals surface area contributed by atoms with Gasteiger partial charge < -0.3 is 14.3 Å². The van der Waals surface area contributed by atoms with Gasteiger partial charge in [-0.2, -0.15) is 0 Å². The molecule has 0 aliphatic rings. The highest BCUT2D eigenvalue weighted by atomic mass is 16.5. The third kappa shape index (κ3) is 3.37. The number of benzene rings is 2. The van der Waals surface area contributed by atoms with E-state index in [2.05, 4.69) is 12.1 Å². The Hall–Kier alpha value is -2.75. The summed E-state index contributed by atoms with van der Waals surface area (Å²) in [5, 5.41) is 9.87. The van der Waals surface area contributed by atoms with Gasteiger partial charge in [-0.3, -0.25) is 0 Å². The number of aromatic carboxylic acids is 1. The van der Waals surface area contributed by atoms with Crippen molar-refractivity contribution in [1.29, 1.82) is 0 Å². The summed E-state index contributed by atoms with van der Waals surface area (Å²) in [7, 11) is 0. The molecule has 0 bridgehead atoms. The second-order valence-electron chi connectivity index (χ2n) is 5.46. The van der Waals surface area contributed by atoms with Crippen LogP contribution in [0.1, 0.15) is 28.1 Å². The number of carboxylic acid groups (broad SMARTS) is 1. The molecule has 0 spiro atoms. The van der Waals surface area contributed by atoms with E-state index in [4.69, 9.17) is 14.3 Å². The summed E-state index contributed by atoms with van der Waals surface area (Å²) in [5.41, 5.74) is 2.49. The smallest absolute Gasteiger partial charge is 0.372 e. The summed E-state index contributed by atoms with van der Waals surface area (Å²) < 4.78 is 11.1. The Morgan fingerprint density at radius 2 is 1.96 bits per heavy atom. The fourth-order valence-electron chi connectivity index (χ4n) is 2.60. The van der Waals surface area contributed by atoms with Crippen molar-refractivity contribution >= 4 is 16.9 Å². The summed E-state index contributed by atoms with van der Waals surface area (Å²) in [4.78, 5) is 11.1. The summed E-state index contributed by atoms with van der Waals surface area (Å²) in [5.74, 6) is -0.336. The number of furan rings is 1. The molecule has 3 rings (SSSR count). The van der Waals surface area contributed by atoms with E-state index in [1.165, 1.54) is 5.56 Å². The topological polar surface area (TPSA) is 59.7 Å². The second kappa shape index (κ2) is 6.57. The van der Waals surface area contributed by atoms with E-state index in [0.29, 0.717) is 17.8 Å². The van der Waals surface area contributed by atoms with E-state index < -0.39 is 5.97 Å². The number of carboxylic acids is 1. The number of rotatable bonds is 6. The minimum Gasteiger partial charge on any atom is -0.494 e. The van der Waals surface area contributed by atoms with Gasteiger partial charge in [-0.05, 0) is 43.5 Å². The van der Waals surface area contributed by atoms with Crippen LogP contribution in [0.4, 0.5) is 0 Å². The molecule has 0 radical (unpaired) electrons. The van der Waals surface area contributed by atoms with Gasteiger partial charge in [0.25, 0.3) is 0 Å². The highest BCUT2D eigenvalue weighted by molar-refractivity contribution is 5.95. The molecular formula is C19H18O4. The molecule has 0 aliphatic carbocycles. The van der Waals surface area contributed by atoms with Crippen LogP contribution in [0, 0.1) is 6.92 Å². The molecular weight excluding hydrogens is 292 g/mol. The molecule has 2 aromatic carbocycles. The Balaban J connectivity index is 1.64. The Morgan fingerprint density at radius 1 is 1.17 bits per heavy atom. The van der Waals surface area contributed by atoms with E-state index in [1.54, 1.807) is 19.1 Å². The normalized spacial score (nSPS) is 10.8. The highest BCUT2D eigenvalue weighted by Gasteiger charge is 2.16. The van der Waals surface area contributed by atoms with Crippen LogP contribution in [0.5, 0.6) is 5.75 Å². The van der Waals surface area contributed by atoms with Gasteiger partial charge in [-0.1, -0.05) is 30.3 Å². The van der Waals surface area contributed by atoms with Crippen molar-refractivity contribution in [3.05, 3.63) is 65.4 Å². The second-order valence-corrected chi connectivity index (χ2v) is 5.46. The van der Waals surface area contributed by atoms with Crippen molar-refractivity contribution in [3.8, 4) is 5.75 Å². The third-order valence-electron chi connectivity index (χ3n) is 3.82. The zero-order chi connectivity index (χ0) is 16.2. The van der Waals surface area contributed by atoms with Crippen LogP contribution in [0.25, 0.3) is 11.0 Å². The summed E-state index contributed by atoms with van der Waals surface area (Å²) >= 11 is 0. The molecule has 1 N–H and O–H groups in total. The van der Waals surface area contributed by atoms with Crippen molar-refractivity contribution in [2.45, 2.75) is 19.8 Å². The monoisotopic (exact) mass is 310 g/mol. The molecule has 118 valence electrons. The first kappa shape index (κ1) is 15.2. The number of fused-ring (bicyclic) bond motifs is 1. The maximum Gasteiger partial charge on any atom is 0.372 e. The van der Waals surface area contributed by atoms with Gasteiger partial charge in [0.1, 0.15) is 11.3 Å². The molecule has 4 heteroatoms. The number of ether oxygens (including phenoxy) is 1. The average molecular weight is 310 g/mol. The van der Waals surface area contributed by atoms with Gasteiger partial charge in [-0.25, -0.2) is 4.79 Å². The molecule has 3 aromatic rings. The summed E-state index contributed by atoms with van der Waals surface area (Å²) in [6.07, 6.45) is 1.89. The number of aryl methyl sites for hydroxylation is 2. The maximum absolute atomic E-state index is 11.1. The number of hydrogen-bond donors (Lipinski definition) is 1. The minimum absolute atomic E-state index is 0.0128. The highest BCUT2D eigenvalue weighted by Crippen LogP contribution is 2.28. The fourth-order valence-corrected chi connectivity index (χ4v) is 2.60. The Morgan fingerprint density at radius 3 is 2.70 bits per heavy atom. The first-order valence-corrected chi connectivity index (χ1v) is 7.58. The van der Waals surface area contributed by atoms with Gasteiger partial charge in [-0.15, -0.1) is 0 Å². The number of hydrogen-bond acceptors (Lipinski definition) is 3. The lowest BCUT2D eigenvalue weighted by Crippen LogP contribution is -1.99. The van der Waals surface area contributed by atoms with Crippen LogP contribution in [0.2, 0.25) is 0 Å².